The molecule has 100 valence electrons. The van der Waals surface area contributed by atoms with Crippen LogP contribution in [-0.4, -0.2) is 52.7 Å². The molecule has 2 unspecified atom stereocenters. The van der Waals surface area contributed by atoms with E-state index in [1.165, 1.54) is 50.2 Å². The Bertz CT molecular complexity index is 407. The number of fused-ring (bicyclic) bond motifs is 1. The van der Waals surface area contributed by atoms with Gasteiger partial charge >= 0.3 is 0 Å². The fraction of sp³-hybridized carbons (Fsp3) is 0.833. The van der Waals surface area contributed by atoms with Crippen molar-refractivity contribution in [2.45, 2.75) is 31.8 Å². The summed E-state index contributed by atoms with van der Waals surface area (Å²) in [6, 6.07) is 0.800. The molecule has 2 aliphatic heterocycles. The molecular weight excluding hydrogens is 246 g/mol. The van der Waals surface area contributed by atoms with E-state index in [9.17, 15) is 0 Å². The summed E-state index contributed by atoms with van der Waals surface area (Å²) in [6.45, 7) is 4.56. The van der Waals surface area contributed by atoms with Crippen molar-refractivity contribution in [3.8, 4) is 0 Å². The van der Waals surface area contributed by atoms with Crippen molar-refractivity contribution < 1.29 is 0 Å². The Balaban J connectivity index is 1.60. The largest absolute Gasteiger partial charge is 0.374 e. The van der Waals surface area contributed by atoms with Crippen molar-refractivity contribution in [3.05, 3.63) is 5.01 Å². The zero-order valence-corrected chi connectivity index (χ0v) is 11.7. The van der Waals surface area contributed by atoms with Crippen LogP contribution in [0.25, 0.3) is 0 Å². The SMILES string of the molecule is CN1CCCC2CN(Cc3nnc(N)s3)CCC21. The van der Waals surface area contributed by atoms with Gasteiger partial charge in [-0.25, -0.2) is 0 Å². The lowest BCUT2D eigenvalue weighted by atomic mass is 9.84. The van der Waals surface area contributed by atoms with Crippen molar-refractivity contribution in [2.24, 2.45) is 5.92 Å². The summed E-state index contributed by atoms with van der Waals surface area (Å²) >= 11 is 1.51. The Morgan fingerprint density at radius 2 is 2.22 bits per heavy atom. The van der Waals surface area contributed by atoms with Gasteiger partial charge in [0.1, 0.15) is 5.01 Å². The zero-order chi connectivity index (χ0) is 12.5. The number of likely N-dealkylation sites (tertiary alicyclic amines) is 2. The van der Waals surface area contributed by atoms with E-state index in [-0.39, 0.29) is 0 Å². The van der Waals surface area contributed by atoms with Crippen molar-refractivity contribution in [1.82, 2.24) is 20.0 Å². The predicted octanol–water partition coefficient (Wildman–Crippen LogP) is 1.04. The monoisotopic (exact) mass is 267 g/mol. The maximum atomic E-state index is 5.63. The molecule has 3 heterocycles. The summed E-state index contributed by atoms with van der Waals surface area (Å²) in [7, 11) is 2.28. The topological polar surface area (TPSA) is 58.3 Å². The number of hydrogen-bond donors (Lipinski definition) is 1. The lowest BCUT2D eigenvalue weighted by Crippen LogP contribution is -2.52. The third kappa shape index (κ3) is 2.50. The number of rotatable bonds is 2. The Labute approximate surface area is 112 Å². The number of hydrogen-bond acceptors (Lipinski definition) is 6. The first-order valence-corrected chi connectivity index (χ1v) is 7.54. The van der Waals surface area contributed by atoms with Crippen LogP contribution in [0.5, 0.6) is 0 Å². The van der Waals surface area contributed by atoms with Crippen LogP contribution in [0.1, 0.15) is 24.3 Å². The molecule has 1 aromatic heterocycles. The maximum Gasteiger partial charge on any atom is 0.203 e. The summed E-state index contributed by atoms with van der Waals surface area (Å²) in [5.74, 6) is 0.836. The molecule has 2 aliphatic rings. The number of nitrogen functional groups attached to an aromatic ring is 1. The van der Waals surface area contributed by atoms with Crippen LogP contribution in [0.3, 0.4) is 0 Å². The minimum Gasteiger partial charge on any atom is -0.374 e. The number of nitrogens with two attached hydrogens (primary N) is 1. The van der Waals surface area contributed by atoms with E-state index in [0.717, 1.165) is 23.5 Å². The van der Waals surface area contributed by atoms with Crippen molar-refractivity contribution in [2.75, 3.05) is 32.4 Å². The van der Waals surface area contributed by atoms with Crippen LogP contribution in [0.15, 0.2) is 0 Å². The Kier molecular flexibility index (Phi) is 3.50. The van der Waals surface area contributed by atoms with E-state index in [1.54, 1.807) is 0 Å². The number of piperidine rings is 2. The molecule has 1 aromatic rings. The summed E-state index contributed by atoms with van der Waals surface area (Å²) in [6.07, 6.45) is 4.01. The molecule has 2 saturated heterocycles. The van der Waals surface area contributed by atoms with Crippen LogP contribution >= 0.6 is 11.3 Å². The van der Waals surface area contributed by atoms with E-state index in [4.69, 9.17) is 5.73 Å². The molecule has 5 nitrogen and oxygen atoms in total. The average Bonchev–Trinajstić information content (AvgIpc) is 2.75. The first-order chi connectivity index (χ1) is 8.72. The molecule has 0 aromatic carbocycles. The molecule has 0 amide bonds. The molecule has 0 spiro atoms. The summed E-state index contributed by atoms with van der Waals surface area (Å²) in [5, 5.41) is 9.64. The molecule has 2 atom stereocenters. The predicted molar refractivity (Wildman–Crippen MR) is 73.4 cm³/mol. The van der Waals surface area contributed by atoms with E-state index < -0.39 is 0 Å². The fourth-order valence-corrected chi connectivity index (χ4v) is 4.05. The maximum absolute atomic E-state index is 5.63. The van der Waals surface area contributed by atoms with Crippen LogP contribution in [0.4, 0.5) is 5.13 Å². The molecule has 2 fully saturated rings. The van der Waals surface area contributed by atoms with Crippen molar-refractivity contribution in [3.63, 3.8) is 0 Å². The van der Waals surface area contributed by atoms with E-state index in [2.05, 4.69) is 27.0 Å². The van der Waals surface area contributed by atoms with E-state index in [0.29, 0.717) is 5.13 Å². The highest BCUT2D eigenvalue weighted by Gasteiger charge is 2.34. The second kappa shape index (κ2) is 5.11. The Hall–Kier alpha value is -0.720. The van der Waals surface area contributed by atoms with Gasteiger partial charge in [0.15, 0.2) is 0 Å². The summed E-state index contributed by atoms with van der Waals surface area (Å²) in [4.78, 5) is 5.06. The molecule has 3 rings (SSSR count). The van der Waals surface area contributed by atoms with Gasteiger partial charge in [-0.15, -0.1) is 10.2 Å². The quantitative estimate of drug-likeness (QED) is 0.867. The van der Waals surface area contributed by atoms with Gasteiger partial charge in [-0.1, -0.05) is 11.3 Å². The minimum absolute atomic E-state index is 0.581. The smallest absolute Gasteiger partial charge is 0.203 e. The number of anilines is 1. The van der Waals surface area contributed by atoms with Crippen LogP contribution in [0, 0.1) is 5.92 Å². The summed E-state index contributed by atoms with van der Waals surface area (Å²) in [5.41, 5.74) is 5.63. The molecule has 0 bridgehead atoms. The molecule has 0 radical (unpaired) electrons. The highest BCUT2D eigenvalue weighted by Crippen LogP contribution is 2.30. The van der Waals surface area contributed by atoms with Gasteiger partial charge < -0.3 is 10.6 Å². The Morgan fingerprint density at radius 3 is 3.00 bits per heavy atom. The van der Waals surface area contributed by atoms with Gasteiger partial charge in [-0.2, -0.15) is 0 Å². The lowest BCUT2D eigenvalue weighted by Gasteiger charge is -2.45. The molecule has 6 heteroatoms. The summed E-state index contributed by atoms with van der Waals surface area (Å²) < 4.78 is 0. The van der Waals surface area contributed by atoms with E-state index >= 15 is 0 Å². The lowest BCUT2D eigenvalue weighted by molar-refractivity contribution is 0.0354. The zero-order valence-electron chi connectivity index (χ0n) is 10.9. The van der Waals surface area contributed by atoms with Crippen molar-refractivity contribution in [1.29, 1.82) is 0 Å². The second-order valence-electron chi connectivity index (χ2n) is 5.51. The minimum atomic E-state index is 0.581. The first kappa shape index (κ1) is 12.3. The highest BCUT2D eigenvalue weighted by atomic mass is 32.1. The van der Waals surface area contributed by atoms with Gasteiger partial charge in [0, 0.05) is 19.1 Å². The van der Waals surface area contributed by atoms with E-state index in [1.807, 2.05) is 0 Å². The third-order valence-electron chi connectivity index (χ3n) is 4.27. The van der Waals surface area contributed by atoms with Gasteiger partial charge in [-0.3, -0.25) is 4.90 Å². The van der Waals surface area contributed by atoms with Crippen LogP contribution in [-0.2, 0) is 6.54 Å². The number of aromatic nitrogens is 2. The van der Waals surface area contributed by atoms with Gasteiger partial charge in [0.2, 0.25) is 5.13 Å². The normalized spacial score (nSPS) is 30.3. The highest BCUT2D eigenvalue weighted by molar-refractivity contribution is 7.15. The second-order valence-corrected chi connectivity index (χ2v) is 6.60. The standard InChI is InChI=1S/C12H21N5S/c1-16-5-2-3-9-7-17(6-4-10(9)16)8-11-14-15-12(13)18-11/h9-10H,2-8H2,1H3,(H2,13,15). The fourth-order valence-electron chi connectivity index (χ4n) is 3.39. The molecule has 0 aliphatic carbocycles. The molecule has 18 heavy (non-hydrogen) atoms. The van der Waals surface area contributed by atoms with Crippen LogP contribution in [0.2, 0.25) is 0 Å². The molecule has 2 N–H and O–H groups in total. The van der Waals surface area contributed by atoms with Crippen molar-refractivity contribution >= 4 is 16.5 Å². The molecule has 0 saturated carbocycles. The Morgan fingerprint density at radius 1 is 1.33 bits per heavy atom. The molecular formula is C12H21N5S. The van der Waals surface area contributed by atoms with Gasteiger partial charge in [0.05, 0.1) is 6.54 Å². The van der Waals surface area contributed by atoms with Gasteiger partial charge in [-0.05, 0) is 38.8 Å². The number of nitrogens with zero attached hydrogens (tertiary/aromatic N) is 4. The first-order valence-electron chi connectivity index (χ1n) is 6.73. The van der Waals surface area contributed by atoms with Crippen LogP contribution < -0.4 is 5.73 Å². The van der Waals surface area contributed by atoms with Gasteiger partial charge in [0.25, 0.3) is 0 Å². The average molecular weight is 267 g/mol. The third-order valence-corrected chi connectivity index (χ3v) is 5.01.